The number of carbonyl (C=O) groups is 1. The number of halogens is 3. The number of benzene rings is 1. The molecule has 1 aliphatic rings. The molecule has 0 saturated carbocycles. The van der Waals surface area contributed by atoms with Crippen LogP contribution < -0.4 is 4.74 Å². The van der Waals surface area contributed by atoms with Crippen LogP contribution in [-0.2, 0) is 0 Å². The second kappa shape index (κ2) is 9.16. The van der Waals surface area contributed by atoms with Crippen LogP contribution in [0.2, 0.25) is 5.02 Å². The number of ether oxygens (including phenoxy) is 1. The number of hydrogen-bond donors (Lipinski definition) is 0. The number of rotatable bonds is 5. The molecular weight excluding hydrogens is 438 g/mol. The molecule has 1 fully saturated rings. The van der Waals surface area contributed by atoms with E-state index in [1.807, 2.05) is 6.92 Å². The zero-order valence-electron chi connectivity index (χ0n) is 17.5. The minimum Gasteiger partial charge on any atom is -0.474 e. The number of hydrogen-bond acceptors (Lipinski definition) is 5. The summed E-state index contributed by atoms with van der Waals surface area (Å²) in [6, 6.07) is 6.82. The zero-order valence-corrected chi connectivity index (χ0v) is 18.3. The lowest BCUT2D eigenvalue weighted by atomic mass is 9.85. The van der Waals surface area contributed by atoms with Gasteiger partial charge in [-0.15, -0.1) is 0 Å². The molecule has 4 rings (SSSR count). The van der Waals surface area contributed by atoms with Gasteiger partial charge >= 0.3 is 0 Å². The van der Waals surface area contributed by atoms with Gasteiger partial charge in [0.2, 0.25) is 5.88 Å². The van der Waals surface area contributed by atoms with E-state index in [0.717, 1.165) is 6.07 Å². The van der Waals surface area contributed by atoms with Gasteiger partial charge in [-0.2, -0.15) is 0 Å². The fourth-order valence-corrected chi connectivity index (χ4v) is 4.11. The maximum atomic E-state index is 14.7. The normalized spacial score (nSPS) is 19.1. The lowest BCUT2D eigenvalue weighted by Gasteiger charge is -2.25. The summed E-state index contributed by atoms with van der Waals surface area (Å²) in [5.41, 5.74) is 0.689. The molecule has 2 aromatic heterocycles. The van der Waals surface area contributed by atoms with Gasteiger partial charge in [-0.3, -0.25) is 4.79 Å². The zero-order chi connectivity index (χ0) is 22.8. The Kier molecular flexibility index (Phi) is 6.32. The fraction of sp³-hybridized carbons (Fsp3) is 0.304. The minimum absolute atomic E-state index is 0.252. The van der Waals surface area contributed by atoms with Crippen LogP contribution in [-0.4, -0.2) is 45.0 Å². The van der Waals surface area contributed by atoms with Crippen LogP contribution in [0.3, 0.4) is 0 Å². The Morgan fingerprint density at radius 1 is 1.12 bits per heavy atom. The molecule has 0 N–H and O–H groups in total. The first-order valence-electron chi connectivity index (χ1n) is 10.1. The largest absolute Gasteiger partial charge is 0.474 e. The Labute approximate surface area is 189 Å². The number of aryl methyl sites for hydroxylation is 1. The average Bonchev–Trinajstić information content (AvgIpc) is 3.21. The van der Waals surface area contributed by atoms with Gasteiger partial charge in [0.1, 0.15) is 23.6 Å². The van der Waals surface area contributed by atoms with Crippen LogP contribution in [0.1, 0.15) is 34.6 Å². The first kappa shape index (κ1) is 22.1. The first-order chi connectivity index (χ1) is 15.3. The van der Waals surface area contributed by atoms with Gasteiger partial charge in [-0.05, 0) is 31.5 Å². The van der Waals surface area contributed by atoms with Crippen molar-refractivity contribution in [3.8, 4) is 5.88 Å². The van der Waals surface area contributed by atoms with Crippen LogP contribution in [0, 0.1) is 24.5 Å². The van der Waals surface area contributed by atoms with Gasteiger partial charge in [-0.25, -0.2) is 23.7 Å². The maximum absolute atomic E-state index is 14.7. The van der Waals surface area contributed by atoms with Crippen LogP contribution in [0.4, 0.5) is 8.78 Å². The van der Waals surface area contributed by atoms with Crippen LogP contribution in [0.25, 0.3) is 0 Å². The third kappa shape index (κ3) is 4.70. The molecule has 32 heavy (non-hydrogen) atoms. The topological polar surface area (TPSA) is 68.2 Å². The van der Waals surface area contributed by atoms with Crippen molar-refractivity contribution in [1.82, 2.24) is 19.9 Å². The Morgan fingerprint density at radius 3 is 2.53 bits per heavy atom. The predicted molar refractivity (Wildman–Crippen MR) is 115 cm³/mol. The van der Waals surface area contributed by atoms with E-state index in [-0.39, 0.29) is 18.4 Å². The molecular formula is C23H21ClF2N4O2. The second-order valence-electron chi connectivity index (χ2n) is 7.80. The Morgan fingerprint density at radius 2 is 1.88 bits per heavy atom. The third-order valence-corrected chi connectivity index (χ3v) is 5.88. The molecule has 0 bridgehead atoms. The summed E-state index contributed by atoms with van der Waals surface area (Å²) in [6.07, 6.45) is 4.01. The molecule has 0 unspecified atom stereocenters. The molecule has 9 heteroatoms. The van der Waals surface area contributed by atoms with Crippen LogP contribution in [0.15, 0.2) is 48.9 Å². The highest BCUT2D eigenvalue weighted by atomic mass is 35.5. The van der Waals surface area contributed by atoms with E-state index in [0.29, 0.717) is 34.4 Å². The van der Waals surface area contributed by atoms with Crippen molar-refractivity contribution in [1.29, 1.82) is 0 Å². The Bertz CT molecular complexity index is 1110. The number of amides is 1. The SMILES string of the molecule is Cc1ncc(C(=O)N2C[C@H]([C@H](C)Oc3ccc(Cl)cn3)[C@@H](c3ccc(F)cc3F)C2)cn1. The van der Waals surface area contributed by atoms with Crippen molar-refractivity contribution >= 4 is 17.5 Å². The molecule has 1 aromatic carbocycles. The van der Waals surface area contributed by atoms with Gasteiger partial charge in [-0.1, -0.05) is 17.7 Å². The van der Waals surface area contributed by atoms with Gasteiger partial charge in [0.05, 0.1) is 10.6 Å². The van der Waals surface area contributed by atoms with Gasteiger partial charge in [0.15, 0.2) is 0 Å². The second-order valence-corrected chi connectivity index (χ2v) is 8.24. The van der Waals surface area contributed by atoms with Crippen LogP contribution in [0.5, 0.6) is 5.88 Å². The Balaban J connectivity index is 1.62. The molecule has 3 atom stereocenters. The highest BCUT2D eigenvalue weighted by molar-refractivity contribution is 6.30. The number of carbonyl (C=O) groups excluding carboxylic acids is 1. The molecule has 0 spiro atoms. The highest BCUT2D eigenvalue weighted by Gasteiger charge is 2.41. The average molecular weight is 459 g/mol. The molecule has 1 aliphatic heterocycles. The van der Waals surface area contributed by atoms with Crippen molar-refractivity contribution in [3.63, 3.8) is 0 Å². The molecule has 0 aliphatic carbocycles. The van der Waals surface area contributed by atoms with Crippen molar-refractivity contribution in [2.75, 3.05) is 13.1 Å². The van der Waals surface area contributed by atoms with Crippen LogP contribution >= 0.6 is 11.6 Å². The maximum Gasteiger partial charge on any atom is 0.257 e. The Hall–Kier alpha value is -3.13. The summed E-state index contributed by atoms with van der Waals surface area (Å²) in [4.78, 5) is 27.0. The van der Waals surface area contributed by atoms with E-state index in [4.69, 9.17) is 16.3 Å². The minimum atomic E-state index is -0.653. The summed E-state index contributed by atoms with van der Waals surface area (Å²) in [6.45, 7) is 4.15. The monoisotopic (exact) mass is 458 g/mol. The summed E-state index contributed by atoms with van der Waals surface area (Å²) in [5, 5.41) is 0.481. The molecule has 6 nitrogen and oxygen atoms in total. The smallest absolute Gasteiger partial charge is 0.257 e. The lowest BCUT2D eigenvalue weighted by molar-refractivity contribution is 0.0769. The molecule has 166 valence electrons. The van der Waals surface area contributed by atoms with E-state index in [1.54, 1.807) is 24.0 Å². The molecule has 3 aromatic rings. The van der Waals surface area contributed by atoms with Crippen molar-refractivity contribution < 1.29 is 18.3 Å². The van der Waals surface area contributed by atoms with E-state index < -0.39 is 23.7 Å². The molecule has 0 radical (unpaired) electrons. The molecule has 1 amide bonds. The lowest BCUT2D eigenvalue weighted by Crippen LogP contribution is -2.32. The van der Waals surface area contributed by atoms with Crippen molar-refractivity contribution in [2.24, 2.45) is 5.92 Å². The summed E-state index contributed by atoms with van der Waals surface area (Å²) >= 11 is 5.89. The summed E-state index contributed by atoms with van der Waals surface area (Å²) in [7, 11) is 0. The van der Waals surface area contributed by atoms with E-state index in [1.165, 1.54) is 30.7 Å². The fourth-order valence-electron chi connectivity index (χ4n) is 4.00. The number of pyridine rings is 1. The predicted octanol–water partition coefficient (Wildman–Crippen LogP) is 4.43. The number of likely N-dealkylation sites (tertiary alicyclic amines) is 1. The quantitative estimate of drug-likeness (QED) is 0.565. The van der Waals surface area contributed by atoms with Gasteiger partial charge in [0, 0.05) is 55.6 Å². The van der Waals surface area contributed by atoms with E-state index >= 15 is 0 Å². The van der Waals surface area contributed by atoms with Gasteiger partial charge in [0.25, 0.3) is 5.91 Å². The number of nitrogens with zero attached hydrogens (tertiary/aromatic N) is 4. The van der Waals surface area contributed by atoms with E-state index in [9.17, 15) is 13.6 Å². The summed E-state index contributed by atoms with van der Waals surface area (Å²) < 4.78 is 34.2. The van der Waals surface area contributed by atoms with Gasteiger partial charge < -0.3 is 9.64 Å². The van der Waals surface area contributed by atoms with Crippen molar-refractivity contribution in [3.05, 3.63) is 82.5 Å². The molecule has 1 saturated heterocycles. The third-order valence-electron chi connectivity index (χ3n) is 5.65. The number of aromatic nitrogens is 3. The first-order valence-corrected chi connectivity index (χ1v) is 10.5. The van der Waals surface area contributed by atoms with E-state index in [2.05, 4.69) is 15.0 Å². The standard InChI is InChI=1S/C23H21ClF2N4O2/c1-13(32-22-6-3-16(24)10-29-22)19-11-30(23(31)15-8-27-14(2)28-9-15)12-20(19)18-5-4-17(25)7-21(18)26/h3-10,13,19-20H,11-12H2,1-2H3/t13-,19+,20+/m0/s1. The summed E-state index contributed by atoms with van der Waals surface area (Å²) in [5.74, 6) is -1.28. The highest BCUT2D eigenvalue weighted by Crippen LogP contribution is 2.38. The molecule has 3 heterocycles. The van der Waals surface area contributed by atoms with Crippen molar-refractivity contribution in [2.45, 2.75) is 25.9 Å².